The number of phenolic OH excluding ortho intramolecular Hbond substituents is 1. The fourth-order valence-corrected chi connectivity index (χ4v) is 4.77. The summed E-state index contributed by atoms with van der Waals surface area (Å²) in [4.78, 5) is 68.1. The van der Waals surface area contributed by atoms with Crippen molar-refractivity contribution < 1.29 is 38.6 Å². The van der Waals surface area contributed by atoms with E-state index in [1.807, 2.05) is 37.3 Å². The molecular weight excluding hydrogens is 604 g/mol. The smallest absolute Gasteiger partial charge is 0.408 e. The first-order valence-corrected chi connectivity index (χ1v) is 15.8. The first-order valence-electron chi connectivity index (χ1n) is 15.8. The fraction of sp³-hybridized carbons (Fsp3) is 0.514. The number of benzene rings is 2. The number of carbonyl (C=O) groups is 5. The molecule has 0 aromatic heterocycles. The van der Waals surface area contributed by atoms with Crippen LogP contribution in [0.4, 0.5) is 4.79 Å². The van der Waals surface area contributed by atoms with E-state index in [-0.39, 0.29) is 30.6 Å². The van der Waals surface area contributed by atoms with Gasteiger partial charge in [0.15, 0.2) is 0 Å². The highest BCUT2D eigenvalue weighted by Crippen LogP contribution is 2.29. The van der Waals surface area contributed by atoms with Gasteiger partial charge in [-0.1, -0.05) is 49.4 Å². The van der Waals surface area contributed by atoms with E-state index < -0.39 is 65.2 Å². The number of nitrogens with two attached hydrogens (primary N) is 1. The van der Waals surface area contributed by atoms with Crippen molar-refractivity contribution >= 4 is 29.8 Å². The second kappa shape index (κ2) is 16.8. The van der Waals surface area contributed by atoms with Gasteiger partial charge in [-0.3, -0.25) is 14.4 Å². The molecule has 47 heavy (non-hydrogen) atoms. The summed E-state index contributed by atoms with van der Waals surface area (Å²) in [7, 11) is 0. The highest BCUT2D eigenvalue weighted by Gasteiger charge is 2.40. The summed E-state index contributed by atoms with van der Waals surface area (Å²) < 4.78 is 11.0. The summed E-state index contributed by atoms with van der Waals surface area (Å²) in [5.74, 6) is -2.92. The van der Waals surface area contributed by atoms with Crippen LogP contribution in [-0.2, 0) is 35.1 Å². The van der Waals surface area contributed by atoms with Crippen molar-refractivity contribution in [2.45, 2.75) is 116 Å². The van der Waals surface area contributed by atoms with Gasteiger partial charge in [-0.05, 0) is 84.6 Å². The normalized spacial score (nSPS) is 14.1. The van der Waals surface area contributed by atoms with Crippen LogP contribution in [0.15, 0.2) is 54.6 Å². The van der Waals surface area contributed by atoms with Gasteiger partial charge in [-0.2, -0.15) is 0 Å². The van der Waals surface area contributed by atoms with E-state index >= 15 is 0 Å². The van der Waals surface area contributed by atoms with Crippen LogP contribution in [0, 0.1) is 0 Å². The molecule has 12 heteroatoms. The number of hydrogen-bond donors (Lipinski definition) is 4. The third-order valence-corrected chi connectivity index (χ3v) is 6.99. The zero-order valence-electron chi connectivity index (χ0n) is 28.7. The zero-order valence-corrected chi connectivity index (χ0v) is 28.7. The summed E-state index contributed by atoms with van der Waals surface area (Å²) in [6, 6.07) is 10.6. The number of hydrogen-bond acceptors (Lipinski definition) is 8. The predicted molar refractivity (Wildman–Crippen MR) is 177 cm³/mol. The van der Waals surface area contributed by atoms with Crippen LogP contribution in [-0.4, -0.2) is 69.1 Å². The monoisotopic (exact) mass is 654 g/mol. The van der Waals surface area contributed by atoms with Gasteiger partial charge in [0.25, 0.3) is 0 Å². The van der Waals surface area contributed by atoms with Gasteiger partial charge >= 0.3 is 12.1 Å². The average molecular weight is 655 g/mol. The quantitative estimate of drug-likeness (QED) is 0.218. The molecule has 4 unspecified atom stereocenters. The molecule has 2 aromatic carbocycles. The minimum Gasteiger partial charge on any atom is -0.508 e. The minimum absolute atomic E-state index is 0.104. The van der Waals surface area contributed by atoms with E-state index in [0.29, 0.717) is 6.42 Å². The van der Waals surface area contributed by atoms with Crippen LogP contribution < -0.4 is 16.4 Å². The molecule has 0 aliphatic rings. The standard InChI is InChI=1S/C35H50N4O8/c1-9-22(2)39(31(43)26(18-19-28(36)41)38-33(45)47-35(6,7)8)29(24-16-13-17-25(40)21-24)30(42)37-27(32(44)46-34(3,4)5)20-23-14-11-10-12-15-23/h10-17,21-22,26-27,29,40H,9,18-20H2,1-8H3,(H2,36,41)(H,37,42)(H,38,45). The molecule has 2 aromatic rings. The number of nitrogens with zero attached hydrogens (tertiary/aromatic N) is 1. The summed E-state index contributed by atoms with van der Waals surface area (Å²) in [5.41, 5.74) is 4.69. The van der Waals surface area contributed by atoms with Gasteiger partial charge < -0.3 is 35.8 Å². The van der Waals surface area contributed by atoms with Gasteiger partial charge in [0, 0.05) is 18.9 Å². The number of phenols is 1. The number of amides is 4. The van der Waals surface area contributed by atoms with Crippen molar-refractivity contribution in [3.05, 3.63) is 65.7 Å². The van der Waals surface area contributed by atoms with Gasteiger partial charge in [0.05, 0.1) is 0 Å². The molecule has 4 amide bonds. The van der Waals surface area contributed by atoms with Crippen molar-refractivity contribution in [1.29, 1.82) is 0 Å². The molecule has 0 heterocycles. The number of ether oxygens (including phenoxy) is 2. The summed E-state index contributed by atoms with van der Waals surface area (Å²) in [6.07, 6.45) is -0.795. The van der Waals surface area contributed by atoms with Crippen molar-refractivity contribution in [3.63, 3.8) is 0 Å². The number of primary amides is 1. The topological polar surface area (TPSA) is 177 Å². The molecule has 12 nitrogen and oxygen atoms in total. The first-order chi connectivity index (χ1) is 21.8. The van der Waals surface area contributed by atoms with Gasteiger partial charge in [0.2, 0.25) is 17.7 Å². The van der Waals surface area contributed by atoms with E-state index in [9.17, 15) is 29.1 Å². The Hall–Kier alpha value is -4.61. The molecule has 0 spiro atoms. The molecular formula is C35H50N4O8. The summed E-state index contributed by atoms with van der Waals surface area (Å²) >= 11 is 0. The van der Waals surface area contributed by atoms with Crippen molar-refractivity contribution in [2.75, 3.05) is 0 Å². The molecule has 5 N–H and O–H groups in total. The SMILES string of the molecule is CCC(C)N(C(=O)C(CCC(N)=O)NC(=O)OC(C)(C)C)C(C(=O)NC(Cc1ccccc1)C(=O)OC(C)(C)C)c1cccc(O)c1. The second-order valence-corrected chi connectivity index (χ2v) is 13.5. The van der Waals surface area contributed by atoms with Crippen molar-refractivity contribution in [3.8, 4) is 5.75 Å². The third kappa shape index (κ3) is 13.0. The zero-order chi connectivity index (χ0) is 35.5. The van der Waals surface area contributed by atoms with Gasteiger partial charge in [-0.25, -0.2) is 9.59 Å². The first kappa shape index (κ1) is 38.6. The van der Waals surface area contributed by atoms with Crippen LogP contribution in [0.25, 0.3) is 0 Å². The van der Waals surface area contributed by atoms with E-state index in [1.54, 1.807) is 54.5 Å². The Labute approximate surface area is 277 Å². The number of nitrogens with one attached hydrogen (secondary N) is 2. The molecule has 2 rings (SSSR count). The van der Waals surface area contributed by atoms with Crippen LogP contribution in [0.2, 0.25) is 0 Å². The molecule has 0 aliphatic heterocycles. The molecule has 0 radical (unpaired) electrons. The third-order valence-electron chi connectivity index (χ3n) is 6.99. The lowest BCUT2D eigenvalue weighted by Gasteiger charge is -2.38. The molecule has 0 bridgehead atoms. The number of aromatic hydroxyl groups is 1. The maximum Gasteiger partial charge on any atom is 0.408 e. The Balaban J connectivity index is 2.65. The number of esters is 1. The Kier molecular flexibility index (Phi) is 13.8. The lowest BCUT2D eigenvalue weighted by Crippen LogP contribution is -2.57. The average Bonchev–Trinajstić information content (AvgIpc) is 2.95. The lowest BCUT2D eigenvalue weighted by molar-refractivity contribution is -0.159. The fourth-order valence-electron chi connectivity index (χ4n) is 4.77. The maximum atomic E-state index is 14.4. The molecule has 0 aliphatic carbocycles. The molecule has 0 saturated carbocycles. The summed E-state index contributed by atoms with van der Waals surface area (Å²) in [5, 5.41) is 15.8. The molecule has 4 atom stereocenters. The highest BCUT2D eigenvalue weighted by atomic mass is 16.6. The molecule has 0 fully saturated rings. The Morgan fingerprint density at radius 2 is 1.49 bits per heavy atom. The molecule has 0 saturated heterocycles. The van der Waals surface area contributed by atoms with E-state index in [4.69, 9.17) is 15.2 Å². The van der Waals surface area contributed by atoms with Crippen LogP contribution in [0.1, 0.15) is 91.8 Å². The Bertz CT molecular complexity index is 1380. The Morgan fingerprint density at radius 3 is 2.02 bits per heavy atom. The number of alkyl carbamates (subject to hydrolysis) is 1. The van der Waals surface area contributed by atoms with Crippen LogP contribution in [0.5, 0.6) is 5.75 Å². The lowest BCUT2D eigenvalue weighted by atomic mass is 9.97. The highest BCUT2D eigenvalue weighted by molar-refractivity contribution is 5.94. The van der Waals surface area contributed by atoms with Gasteiger partial charge in [0.1, 0.15) is 35.1 Å². The van der Waals surface area contributed by atoms with Crippen molar-refractivity contribution in [2.24, 2.45) is 5.73 Å². The maximum absolute atomic E-state index is 14.4. The van der Waals surface area contributed by atoms with Crippen LogP contribution in [0.3, 0.4) is 0 Å². The van der Waals surface area contributed by atoms with E-state index in [1.165, 1.54) is 23.1 Å². The van der Waals surface area contributed by atoms with E-state index in [0.717, 1.165) is 5.56 Å². The minimum atomic E-state index is -1.37. The van der Waals surface area contributed by atoms with E-state index in [2.05, 4.69) is 10.6 Å². The molecule has 258 valence electrons. The largest absolute Gasteiger partial charge is 0.508 e. The van der Waals surface area contributed by atoms with Crippen molar-refractivity contribution in [1.82, 2.24) is 15.5 Å². The number of carbonyl (C=O) groups excluding carboxylic acids is 5. The predicted octanol–water partition coefficient (Wildman–Crippen LogP) is 4.29. The second-order valence-electron chi connectivity index (χ2n) is 13.5. The van der Waals surface area contributed by atoms with Crippen LogP contribution >= 0.6 is 0 Å². The van der Waals surface area contributed by atoms with Gasteiger partial charge in [-0.15, -0.1) is 0 Å². The Morgan fingerprint density at radius 1 is 0.872 bits per heavy atom. The summed E-state index contributed by atoms with van der Waals surface area (Å²) in [6.45, 7) is 13.7. The number of rotatable bonds is 14.